The van der Waals surface area contributed by atoms with Crippen LogP contribution in [0.25, 0.3) is 0 Å². The second kappa shape index (κ2) is 7.36. The summed E-state index contributed by atoms with van der Waals surface area (Å²) in [4.78, 5) is 2.24. The summed E-state index contributed by atoms with van der Waals surface area (Å²) >= 11 is 0. The summed E-state index contributed by atoms with van der Waals surface area (Å²) in [5.41, 5.74) is 7.28. The van der Waals surface area contributed by atoms with Gasteiger partial charge in [-0.3, -0.25) is 0 Å². The van der Waals surface area contributed by atoms with E-state index in [1.165, 1.54) is 0 Å². The highest BCUT2D eigenvalue weighted by Gasteiger charge is 2.15. The van der Waals surface area contributed by atoms with Crippen molar-refractivity contribution >= 4 is 0 Å². The minimum absolute atomic E-state index is 0.0891. The molecule has 0 spiro atoms. The number of ether oxygens (including phenoxy) is 2. The zero-order valence-corrected chi connectivity index (χ0v) is 12.6. The third-order valence-corrected chi connectivity index (χ3v) is 3.02. The first kappa shape index (κ1) is 15.8. The van der Waals surface area contributed by atoms with Crippen LogP contribution in [0, 0.1) is 5.92 Å². The Morgan fingerprint density at radius 3 is 2.37 bits per heavy atom. The average Bonchev–Trinajstić information content (AvgIpc) is 2.36. The maximum absolute atomic E-state index is 6.29. The van der Waals surface area contributed by atoms with Crippen LogP contribution in [0.2, 0.25) is 0 Å². The Bertz CT molecular complexity index is 394. The molecule has 4 heteroatoms. The molecule has 0 aromatic heterocycles. The Kier molecular flexibility index (Phi) is 6.12. The van der Waals surface area contributed by atoms with Crippen LogP contribution in [0.1, 0.15) is 25.5 Å². The van der Waals surface area contributed by atoms with Gasteiger partial charge in [-0.05, 0) is 31.2 Å². The molecule has 4 nitrogen and oxygen atoms in total. The molecule has 1 aromatic carbocycles. The summed E-state index contributed by atoms with van der Waals surface area (Å²) in [5, 5.41) is 0. The first-order valence-electron chi connectivity index (χ1n) is 6.64. The van der Waals surface area contributed by atoms with Crippen LogP contribution in [-0.2, 0) is 0 Å². The second-order valence-electron chi connectivity index (χ2n) is 5.33. The van der Waals surface area contributed by atoms with Crippen LogP contribution in [0.4, 0.5) is 0 Å². The maximum Gasteiger partial charge on any atom is 0.123 e. The van der Waals surface area contributed by atoms with Gasteiger partial charge in [0.2, 0.25) is 0 Å². The van der Waals surface area contributed by atoms with Gasteiger partial charge in [0, 0.05) is 24.7 Å². The molecule has 2 N–H and O–H groups in total. The number of likely N-dealkylation sites (N-methyl/N-ethyl adjacent to an activating group) is 1. The van der Waals surface area contributed by atoms with Crippen molar-refractivity contribution in [1.82, 2.24) is 4.90 Å². The van der Waals surface area contributed by atoms with Crippen molar-refractivity contribution in [2.24, 2.45) is 11.7 Å². The zero-order valence-electron chi connectivity index (χ0n) is 12.6. The maximum atomic E-state index is 6.29. The molecule has 19 heavy (non-hydrogen) atoms. The van der Waals surface area contributed by atoms with Crippen molar-refractivity contribution in [3.63, 3.8) is 0 Å². The SMILES string of the molecule is COc1ccc(OC)c(C(N)CN(C)CC(C)C)c1. The minimum atomic E-state index is -0.0891. The van der Waals surface area contributed by atoms with Crippen LogP contribution in [0.15, 0.2) is 18.2 Å². The zero-order chi connectivity index (χ0) is 14.4. The van der Waals surface area contributed by atoms with E-state index >= 15 is 0 Å². The van der Waals surface area contributed by atoms with E-state index in [1.54, 1.807) is 14.2 Å². The number of hydrogen-bond donors (Lipinski definition) is 1. The van der Waals surface area contributed by atoms with Gasteiger partial charge < -0.3 is 20.1 Å². The van der Waals surface area contributed by atoms with Gasteiger partial charge in [-0.1, -0.05) is 13.8 Å². The van der Waals surface area contributed by atoms with Gasteiger partial charge >= 0.3 is 0 Å². The third kappa shape index (κ3) is 4.73. The molecule has 1 aromatic rings. The van der Waals surface area contributed by atoms with Crippen molar-refractivity contribution in [3.8, 4) is 11.5 Å². The Morgan fingerprint density at radius 1 is 1.16 bits per heavy atom. The van der Waals surface area contributed by atoms with Crippen molar-refractivity contribution in [1.29, 1.82) is 0 Å². The Morgan fingerprint density at radius 2 is 1.84 bits per heavy atom. The molecular formula is C15H26N2O2. The van der Waals surface area contributed by atoms with Crippen molar-refractivity contribution in [2.45, 2.75) is 19.9 Å². The fourth-order valence-electron chi connectivity index (χ4n) is 2.26. The van der Waals surface area contributed by atoms with Crippen LogP contribution < -0.4 is 15.2 Å². The molecule has 0 radical (unpaired) electrons. The van der Waals surface area contributed by atoms with E-state index in [9.17, 15) is 0 Å². The van der Waals surface area contributed by atoms with Crippen LogP contribution in [0.5, 0.6) is 11.5 Å². The standard InChI is InChI=1S/C15H26N2O2/c1-11(2)9-17(3)10-14(16)13-8-12(18-4)6-7-15(13)19-5/h6-8,11,14H,9-10,16H2,1-5H3. The second-order valence-corrected chi connectivity index (χ2v) is 5.33. The molecule has 0 amide bonds. The van der Waals surface area contributed by atoms with E-state index in [0.29, 0.717) is 5.92 Å². The molecule has 0 heterocycles. The van der Waals surface area contributed by atoms with E-state index in [1.807, 2.05) is 18.2 Å². The molecule has 0 saturated heterocycles. The summed E-state index contributed by atoms with van der Waals surface area (Å²) < 4.78 is 10.6. The molecule has 0 fully saturated rings. The van der Waals surface area contributed by atoms with Gasteiger partial charge in [-0.25, -0.2) is 0 Å². The largest absolute Gasteiger partial charge is 0.497 e. The van der Waals surface area contributed by atoms with Gasteiger partial charge in [0.15, 0.2) is 0 Å². The lowest BCUT2D eigenvalue weighted by atomic mass is 10.0. The van der Waals surface area contributed by atoms with Crippen LogP contribution >= 0.6 is 0 Å². The number of rotatable bonds is 7. The molecule has 0 bridgehead atoms. The van der Waals surface area contributed by atoms with Gasteiger partial charge in [0.1, 0.15) is 11.5 Å². The smallest absolute Gasteiger partial charge is 0.123 e. The number of methoxy groups -OCH3 is 2. The molecule has 0 aliphatic carbocycles. The van der Waals surface area contributed by atoms with Crippen molar-refractivity contribution in [3.05, 3.63) is 23.8 Å². The summed E-state index contributed by atoms with van der Waals surface area (Å²) in [6.45, 7) is 6.23. The van der Waals surface area contributed by atoms with Crippen LogP contribution in [0.3, 0.4) is 0 Å². The predicted octanol–water partition coefficient (Wildman–Crippen LogP) is 2.29. The first-order valence-corrected chi connectivity index (χ1v) is 6.64. The summed E-state index contributed by atoms with van der Waals surface area (Å²) in [5.74, 6) is 2.24. The summed E-state index contributed by atoms with van der Waals surface area (Å²) in [6.07, 6.45) is 0. The molecule has 0 aliphatic rings. The first-order chi connectivity index (χ1) is 8.97. The Labute approximate surface area is 116 Å². The minimum Gasteiger partial charge on any atom is -0.497 e. The summed E-state index contributed by atoms with van der Waals surface area (Å²) in [6, 6.07) is 5.64. The summed E-state index contributed by atoms with van der Waals surface area (Å²) in [7, 11) is 5.41. The van der Waals surface area contributed by atoms with E-state index in [-0.39, 0.29) is 6.04 Å². The number of nitrogens with two attached hydrogens (primary N) is 1. The van der Waals surface area contributed by atoms with Crippen molar-refractivity contribution in [2.75, 3.05) is 34.4 Å². The van der Waals surface area contributed by atoms with Crippen molar-refractivity contribution < 1.29 is 9.47 Å². The van der Waals surface area contributed by atoms with E-state index in [2.05, 4.69) is 25.8 Å². The van der Waals surface area contributed by atoms with Gasteiger partial charge in [-0.2, -0.15) is 0 Å². The van der Waals surface area contributed by atoms with Gasteiger partial charge in [0.25, 0.3) is 0 Å². The lowest BCUT2D eigenvalue weighted by Crippen LogP contribution is -2.31. The van der Waals surface area contributed by atoms with Gasteiger partial charge in [0.05, 0.1) is 14.2 Å². The molecule has 1 rings (SSSR count). The van der Waals surface area contributed by atoms with E-state index in [0.717, 1.165) is 30.2 Å². The van der Waals surface area contributed by atoms with E-state index in [4.69, 9.17) is 15.2 Å². The topological polar surface area (TPSA) is 47.7 Å². The molecular weight excluding hydrogens is 240 g/mol. The molecule has 0 saturated carbocycles. The highest BCUT2D eigenvalue weighted by molar-refractivity contribution is 5.42. The number of benzene rings is 1. The lowest BCUT2D eigenvalue weighted by Gasteiger charge is -2.24. The van der Waals surface area contributed by atoms with E-state index < -0.39 is 0 Å². The Balaban J connectivity index is 2.82. The molecule has 0 aliphatic heterocycles. The molecule has 1 unspecified atom stereocenters. The highest BCUT2D eigenvalue weighted by atomic mass is 16.5. The molecule has 1 atom stereocenters. The third-order valence-electron chi connectivity index (χ3n) is 3.02. The molecule has 108 valence electrons. The Hall–Kier alpha value is -1.26. The average molecular weight is 266 g/mol. The fourth-order valence-corrected chi connectivity index (χ4v) is 2.26. The quantitative estimate of drug-likeness (QED) is 0.822. The lowest BCUT2D eigenvalue weighted by molar-refractivity contribution is 0.276. The fraction of sp³-hybridized carbons (Fsp3) is 0.600. The monoisotopic (exact) mass is 266 g/mol. The number of nitrogens with zero attached hydrogens (tertiary/aromatic N) is 1. The normalized spacial score (nSPS) is 12.8. The van der Waals surface area contributed by atoms with Crippen LogP contribution in [-0.4, -0.2) is 39.3 Å². The highest BCUT2D eigenvalue weighted by Crippen LogP contribution is 2.28. The number of hydrogen-bond acceptors (Lipinski definition) is 4. The predicted molar refractivity (Wildman–Crippen MR) is 78.8 cm³/mol. The van der Waals surface area contributed by atoms with Gasteiger partial charge in [-0.15, -0.1) is 0 Å².